The molecule has 92 valence electrons. The lowest BCUT2D eigenvalue weighted by molar-refractivity contribution is 0.312. The van der Waals surface area contributed by atoms with E-state index in [9.17, 15) is 0 Å². The summed E-state index contributed by atoms with van der Waals surface area (Å²) >= 11 is 5.35. The van der Waals surface area contributed by atoms with E-state index in [0.717, 1.165) is 10.8 Å². The maximum absolute atomic E-state index is 5.35. The van der Waals surface area contributed by atoms with Crippen LogP contribution in [0.3, 0.4) is 0 Å². The smallest absolute Gasteiger partial charge is 0.171 e. The first-order chi connectivity index (χ1) is 8.08. The molecule has 0 radical (unpaired) electrons. The third-order valence-electron chi connectivity index (χ3n) is 3.59. The van der Waals surface area contributed by atoms with Gasteiger partial charge < -0.3 is 10.6 Å². The number of para-hydroxylation sites is 1. The van der Waals surface area contributed by atoms with E-state index in [-0.39, 0.29) is 0 Å². The van der Waals surface area contributed by atoms with Gasteiger partial charge in [-0.2, -0.15) is 0 Å². The molecule has 1 unspecified atom stereocenters. The summed E-state index contributed by atoms with van der Waals surface area (Å²) in [5.41, 5.74) is 1.39. The van der Waals surface area contributed by atoms with Crippen LogP contribution >= 0.6 is 12.2 Å². The van der Waals surface area contributed by atoms with Crippen molar-refractivity contribution in [2.24, 2.45) is 5.41 Å². The number of thiocarbonyl (C=S) groups is 1. The Hall–Kier alpha value is -1.09. The van der Waals surface area contributed by atoms with Gasteiger partial charge in [-0.3, -0.25) is 0 Å². The molecule has 2 rings (SSSR count). The molecule has 0 saturated heterocycles. The molecule has 0 amide bonds. The second-order valence-electron chi connectivity index (χ2n) is 5.40. The van der Waals surface area contributed by atoms with Crippen LogP contribution < -0.4 is 10.6 Å². The van der Waals surface area contributed by atoms with E-state index in [1.165, 1.54) is 19.3 Å². The fourth-order valence-electron chi connectivity index (χ4n) is 2.44. The number of nitrogens with one attached hydrogen (secondary N) is 2. The summed E-state index contributed by atoms with van der Waals surface area (Å²) in [6, 6.07) is 10.5. The fraction of sp³-hybridized carbons (Fsp3) is 0.500. The molecule has 0 aliphatic heterocycles. The van der Waals surface area contributed by atoms with Gasteiger partial charge in [0.25, 0.3) is 0 Å². The van der Waals surface area contributed by atoms with Gasteiger partial charge in [0.1, 0.15) is 0 Å². The summed E-state index contributed by atoms with van der Waals surface area (Å²) in [4.78, 5) is 0. The maximum atomic E-state index is 5.35. The average Bonchev–Trinajstić information content (AvgIpc) is 2.59. The lowest BCUT2D eigenvalue weighted by atomic mass is 9.87. The Labute approximate surface area is 109 Å². The van der Waals surface area contributed by atoms with Crippen LogP contribution in [0, 0.1) is 5.41 Å². The zero-order valence-corrected chi connectivity index (χ0v) is 11.3. The largest absolute Gasteiger partial charge is 0.359 e. The topological polar surface area (TPSA) is 24.1 Å². The Bertz CT molecular complexity index is 386. The predicted octanol–water partition coefficient (Wildman–Crippen LogP) is 3.55. The lowest BCUT2D eigenvalue weighted by Crippen LogP contribution is -2.43. The average molecular weight is 248 g/mol. The van der Waals surface area contributed by atoms with Gasteiger partial charge in [0.15, 0.2) is 5.11 Å². The number of hydrogen-bond donors (Lipinski definition) is 2. The SMILES string of the molecule is CC1(C)CCCC1NC(=S)Nc1ccccc1. The van der Waals surface area contributed by atoms with Crippen molar-refractivity contribution in [3.05, 3.63) is 30.3 Å². The Balaban J connectivity index is 1.90. The zero-order chi connectivity index (χ0) is 12.3. The van der Waals surface area contributed by atoms with Crippen molar-refractivity contribution < 1.29 is 0 Å². The minimum absolute atomic E-state index is 0.350. The van der Waals surface area contributed by atoms with Crippen LogP contribution in [0.2, 0.25) is 0 Å². The third-order valence-corrected chi connectivity index (χ3v) is 3.81. The lowest BCUT2D eigenvalue weighted by Gasteiger charge is -2.29. The van der Waals surface area contributed by atoms with Crippen molar-refractivity contribution in [1.82, 2.24) is 5.32 Å². The van der Waals surface area contributed by atoms with E-state index in [1.54, 1.807) is 0 Å². The zero-order valence-electron chi connectivity index (χ0n) is 10.5. The summed E-state index contributed by atoms with van der Waals surface area (Å²) in [6.45, 7) is 4.62. The molecule has 2 N–H and O–H groups in total. The van der Waals surface area contributed by atoms with Crippen LogP contribution in [0.4, 0.5) is 5.69 Å². The highest BCUT2D eigenvalue weighted by Crippen LogP contribution is 2.37. The molecule has 1 aromatic rings. The van der Waals surface area contributed by atoms with E-state index in [4.69, 9.17) is 12.2 Å². The van der Waals surface area contributed by atoms with Crippen molar-refractivity contribution in [2.75, 3.05) is 5.32 Å². The summed E-state index contributed by atoms with van der Waals surface area (Å²) in [5.74, 6) is 0. The highest BCUT2D eigenvalue weighted by atomic mass is 32.1. The van der Waals surface area contributed by atoms with Gasteiger partial charge in [0, 0.05) is 11.7 Å². The second kappa shape index (κ2) is 5.05. The van der Waals surface area contributed by atoms with Crippen LogP contribution in [-0.2, 0) is 0 Å². The minimum atomic E-state index is 0.350. The van der Waals surface area contributed by atoms with Crippen LogP contribution in [0.25, 0.3) is 0 Å². The molecular formula is C14H20N2S. The van der Waals surface area contributed by atoms with Gasteiger partial charge >= 0.3 is 0 Å². The first-order valence-electron chi connectivity index (χ1n) is 6.20. The minimum Gasteiger partial charge on any atom is -0.359 e. The molecule has 1 aliphatic rings. The van der Waals surface area contributed by atoms with Crippen molar-refractivity contribution in [3.8, 4) is 0 Å². The summed E-state index contributed by atoms with van der Waals surface area (Å²) in [7, 11) is 0. The molecule has 2 nitrogen and oxygen atoms in total. The Kier molecular flexibility index (Phi) is 3.67. The Morgan fingerprint density at radius 1 is 1.29 bits per heavy atom. The van der Waals surface area contributed by atoms with Gasteiger partial charge in [-0.05, 0) is 42.6 Å². The molecule has 17 heavy (non-hydrogen) atoms. The molecule has 0 bridgehead atoms. The molecule has 0 spiro atoms. The highest BCUT2D eigenvalue weighted by Gasteiger charge is 2.34. The Morgan fingerprint density at radius 2 is 2.00 bits per heavy atom. The Morgan fingerprint density at radius 3 is 2.59 bits per heavy atom. The van der Waals surface area contributed by atoms with Crippen LogP contribution in [0.15, 0.2) is 30.3 Å². The number of hydrogen-bond acceptors (Lipinski definition) is 1. The molecule has 1 saturated carbocycles. The van der Waals surface area contributed by atoms with Gasteiger partial charge in [0.2, 0.25) is 0 Å². The van der Waals surface area contributed by atoms with Gasteiger partial charge in [-0.1, -0.05) is 38.5 Å². The van der Waals surface area contributed by atoms with Crippen molar-refractivity contribution >= 4 is 23.0 Å². The van der Waals surface area contributed by atoms with Crippen molar-refractivity contribution in [2.45, 2.75) is 39.2 Å². The first kappa shape index (κ1) is 12.4. The van der Waals surface area contributed by atoms with Crippen molar-refractivity contribution in [3.63, 3.8) is 0 Å². The van der Waals surface area contributed by atoms with Crippen LogP contribution in [0.1, 0.15) is 33.1 Å². The van der Waals surface area contributed by atoms with E-state index in [0.29, 0.717) is 11.5 Å². The van der Waals surface area contributed by atoms with E-state index in [1.807, 2.05) is 30.3 Å². The molecule has 0 heterocycles. The molecule has 1 fully saturated rings. The number of anilines is 1. The van der Waals surface area contributed by atoms with Gasteiger partial charge in [0.05, 0.1) is 0 Å². The first-order valence-corrected chi connectivity index (χ1v) is 6.61. The predicted molar refractivity (Wildman–Crippen MR) is 77.2 cm³/mol. The maximum Gasteiger partial charge on any atom is 0.171 e. The van der Waals surface area contributed by atoms with E-state index < -0.39 is 0 Å². The molecule has 3 heteroatoms. The molecule has 0 aromatic heterocycles. The number of rotatable bonds is 2. The van der Waals surface area contributed by atoms with E-state index in [2.05, 4.69) is 24.5 Å². The number of benzene rings is 1. The molecule has 1 atom stereocenters. The molecular weight excluding hydrogens is 228 g/mol. The second-order valence-corrected chi connectivity index (χ2v) is 5.81. The van der Waals surface area contributed by atoms with E-state index >= 15 is 0 Å². The summed E-state index contributed by atoms with van der Waals surface area (Å²) < 4.78 is 0. The quantitative estimate of drug-likeness (QED) is 0.783. The normalized spacial score (nSPS) is 22.1. The molecule has 1 aliphatic carbocycles. The van der Waals surface area contributed by atoms with Gasteiger partial charge in [-0.15, -0.1) is 0 Å². The standard InChI is InChI=1S/C14H20N2S/c1-14(2)10-6-9-12(14)16-13(17)15-11-7-4-3-5-8-11/h3-5,7-8,12H,6,9-10H2,1-2H3,(H2,15,16,17). The van der Waals surface area contributed by atoms with Crippen LogP contribution in [-0.4, -0.2) is 11.2 Å². The monoisotopic (exact) mass is 248 g/mol. The van der Waals surface area contributed by atoms with Gasteiger partial charge in [-0.25, -0.2) is 0 Å². The fourth-order valence-corrected chi connectivity index (χ4v) is 2.70. The molecule has 1 aromatic carbocycles. The third kappa shape index (κ3) is 3.19. The summed E-state index contributed by atoms with van der Waals surface area (Å²) in [5, 5.41) is 7.40. The van der Waals surface area contributed by atoms with Crippen LogP contribution in [0.5, 0.6) is 0 Å². The summed E-state index contributed by atoms with van der Waals surface area (Å²) in [6.07, 6.45) is 3.78. The van der Waals surface area contributed by atoms with Crippen molar-refractivity contribution in [1.29, 1.82) is 0 Å². The highest BCUT2D eigenvalue weighted by molar-refractivity contribution is 7.80.